The molecule has 0 fully saturated rings. The standard InChI is InChI=1S/C25H24FN5O2/c1-16-24-21(18-5-3-2-4-17(18)8-10-27-15-32)13-29-25(31(24)14-30-16)28-12-20-19-9-11-33-23(19)7-6-22(20)26/h2-7,13-15H,8-12H2,1H3,(H,27,32)(H,28,29). The summed E-state index contributed by atoms with van der Waals surface area (Å²) < 4.78 is 22.0. The number of nitrogens with zero attached hydrogens (tertiary/aromatic N) is 3. The normalized spacial score (nSPS) is 12.4. The second-order valence-electron chi connectivity index (χ2n) is 7.98. The molecule has 0 unspecified atom stereocenters. The lowest BCUT2D eigenvalue weighted by Crippen LogP contribution is -2.14. The van der Waals surface area contributed by atoms with E-state index in [0.717, 1.165) is 39.2 Å². The zero-order valence-corrected chi connectivity index (χ0v) is 18.3. The van der Waals surface area contributed by atoms with Gasteiger partial charge in [-0.25, -0.2) is 14.4 Å². The summed E-state index contributed by atoms with van der Waals surface area (Å²) in [7, 11) is 0. The molecule has 168 valence electrons. The second-order valence-corrected chi connectivity index (χ2v) is 7.98. The lowest BCUT2D eigenvalue weighted by Gasteiger charge is -2.15. The Morgan fingerprint density at radius 2 is 2.06 bits per heavy atom. The number of fused-ring (bicyclic) bond motifs is 2. The van der Waals surface area contributed by atoms with Gasteiger partial charge >= 0.3 is 0 Å². The highest BCUT2D eigenvalue weighted by atomic mass is 19.1. The third-order valence-electron chi connectivity index (χ3n) is 6.04. The molecule has 4 aromatic rings. The first-order chi connectivity index (χ1) is 16.2. The molecule has 1 aliphatic heterocycles. The molecular weight excluding hydrogens is 421 g/mol. The highest BCUT2D eigenvalue weighted by Crippen LogP contribution is 2.32. The predicted molar refractivity (Wildman–Crippen MR) is 124 cm³/mol. The molecule has 1 aliphatic rings. The van der Waals surface area contributed by atoms with Crippen LogP contribution in [0.15, 0.2) is 48.9 Å². The van der Waals surface area contributed by atoms with Crippen molar-refractivity contribution in [1.82, 2.24) is 19.7 Å². The topological polar surface area (TPSA) is 80.6 Å². The molecule has 8 heteroatoms. The zero-order chi connectivity index (χ0) is 22.8. The van der Waals surface area contributed by atoms with E-state index in [1.165, 1.54) is 6.07 Å². The Morgan fingerprint density at radius 1 is 1.18 bits per heavy atom. The third kappa shape index (κ3) is 3.88. The molecule has 7 nitrogen and oxygen atoms in total. The number of nitrogens with one attached hydrogen (secondary N) is 2. The summed E-state index contributed by atoms with van der Waals surface area (Å²) in [5, 5.41) is 6.01. The number of carbonyl (C=O) groups is 1. The number of hydrogen-bond donors (Lipinski definition) is 2. The summed E-state index contributed by atoms with van der Waals surface area (Å²) in [5.74, 6) is 1.09. The quantitative estimate of drug-likeness (QED) is 0.320. The molecule has 0 saturated heterocycles. The minimum atomic E-state index is -0.251. The first-order valence-electron chi connectivity index (χ1n) is 10.9. The van der Waals surface area contributed by atoms with Gasteiger partial charge in [-0.1, -0.05) is 24.3 Å². The zero-order valence-electron chi connectivity index (χ0n) is 18.3. The molecule has 0 atom stereocenters. The molecule has 0 saturated carbocycles. The van der Waals surface area contributed by atoms with Crippen molar-refractivity contribution in [1.29, 1.82) is 0 Å². The molecule has 3 heterocycles. The largest absolute Gasteiger partial charge is 0.493 e. The monoisotopic (exact) mass is 445 g/mol. The van der Waals surface area contributed by atoms with Gasteiger partial charge in [-0.05, 0) is 36.6 Å². The Labute approximate surface area is 190 Å². The number of aromatic nitrogens is 3. The van der Waals surface area contributed by atoms with Crippen LogP contribution in [-0.2, 0) is 24.2 Å². The van der Waals surface area contributed by atoms with E-state index in [2.05, 4.69) is 32.7 Å². The van der Waals surface area contributed by atoms with Crippen molar-refractivity contribution in [2.24, 2.45) is 0 Å². The average molecular weight is 445 g/mol. The summed E-state index contributed by atoms with van der Waals surface area (Å²) >= 11 is 0. The average Bonchev–Trinajstić information content (AvgIpc) is 3.46. The molecule has 2 aromatic carbocycles. The highest BCUT2D eigenvalue weighted by Gasteiger charge is 2.20. The van der Waals surface area contributed by atoms with Crippen LogP contribution in [0.2, 0.25) is 0 Å². The van der Waals surface area contributed by atoms with Crippen LogP contribution in [0.4, 0.5) is 10.3 Å². The fourth-order valence-corrected chi connectivity index (χ4v) is 4.44. The second kappa shape index (κ2) is 8.90. The van der Waals surface area contributed by atoms with Crippen LogP contribution >= 0.6 is 0 Å². The van der Waals surface area contributed by atoms with Gasteiger partial charge in [0.15, 0.2) is 0 Å². The minimum Gasteiger partial charge on any atom is -0.493 e. The Morgan fingerprint density at radius 3 is 2.94 bits per heavy atom. The van der Waals surface area contributed by atoms with Gasteiger partial charge in [0.05, 0.1) is 17.8 Å². The molecule has 5 rings (SSSR count). The first-order valence-corrected chi connectivity index (χ1v) is 10.9. The Bertz CT molecular complexity index is 1330. The fraction of sp³-hybridized carbons (Fsp3) is 0.240. The van der Waals surface area contributed by atoms with Crippen LogP contribution in [0.1, 0.15) is 22.4 Å². The molecule has 0 spiro atoms. The van der Waals surface area contributed by atoms with E-state index in [4.69, 9.17) is 4.74 Å². The number of rotatable bonds is 8. The summed E-state index contributed by atoms with van der Waals surface area (Å²) in [4.78, 5) is 19.8. The van der Waals surface area contributed by atoms with E-state index in [1.54, 1.807) is 12.4 Å². The molecular formula is C25H24FN5O2. The summed E-state index contributed by atoms with van der Waals surface area (Å²) in [5.41, 5.74) is 6.43. The Kier molecular flexibility index (Phi) is 5.64. The molecule has 1 amide bonds. The number of anilines is 1. The molecule has 0 bridgehead atoms. The van der Waals surface area contributed by atoms with Crippen molar-refractivity contribution in [3.8, 4) is 16.9 Å². The van der Waals surface area contributed by atoms with E-state index in [9.17, 15) is 9.18 Å². The number of benzene rings is 2. The van der Waals surface area contributed by atoms with Gasteiger partial charge in [0.1, 0.15) is 17.9 Å². The maximum atomic E-state index is 14.6. The van der Waals surface area contributed by atoms with Crippen molar-refractivity contribution in [2.75, 3.05) is 18.5 Å². The van der Waals surface area contributed by atoms with E-state index < -0.39 is 0 Å². The van der Waals surface area contributed by atoms with Gasteiger partial charge in [-0.3, -0.25) is 9.20 Å². The number of carbonyl (C=O) groups excluding carboxylic acids is 1. The van der Waals surface area contributed by atoms with Crippen molar-refractivity contribution < 1.29 is 13.9 Å². The molecule has 2 aromatic heterocycles. The fourth-order valence-electron chi connectivity index (χ4n) is 4.44. The first kappa shape index (κ1) is 20.9. The minimum absolute atomic E-state index is 0.251. The Balaban J connectivity index is 1.50. The van der Waals surface area contributed by atoms with E-state index >= 15 is 0 Å². The van der Waals surface area contributed by atoms with Gasteiger partial charge in [0.25, 0.3) is 0 Å². The summed E-state index contributed by atoms with van der Waals surface area (Å²) in [6, 6.07) is 11.2. The van der Waals surface area contributed by atoms with Crippen LogP contribution < -0.4 is 15.4 Å². The van der Waals surface area contributed by atoms with Gasteiger partial charge in [-0.2, -0.15) is 0 Å². The van der Waals surface area contributed by atoms with Crippen LogP contribution in [0, 0.1) is 12.7 Å². The number of hydrogen-bond acceptors (Lipinski definition) is 5. The van der Waals surface area contributed by atoms with Crippen molar-refractivity contribution in [3.05, 3.63) is 77.1 Å². The van der Waals surface area contributed by atoms with Crippen LogP contribution in [0.3, 0.4) is 0 Å². The van der Waals surface area contributed by atoms with E-state index in [0.29, 0.717) is 50.5 Å². The van der Waals surface area contributed by atoms with Gasteiger partial charge in [-0.15, -0.1) is 0 Å². The smallest absolute Gasteiger partial charge is 0.208 e. The third-order valence-corrected chi connectivity index (χ3v) is 6.04. The number of ether oxygens (including phenoxy) is 1. The summed E-state index contributed by atoms with van der Waals surface area (Å²) in [6.07, 6.45) is 5.67. The van der Waals surface area contributed by atoms with Crippen molar-refractivity contribution in [2.45, 2.75) is 26.3 Å². The van der Waals surface area contributed by atoms with E-state index in [-0.39, 0.29) is 5.82 Å². The van der Waals surface area contributed by atoms with Gasteiger partial charge in [0, 0.05) is 42.4 Å². The predicted octanol–water partition coefficient (Wildman–Crippen LogP) is 3.68. The number of amides is 1. The molecule has 2 N–H and O–H groups in total. The van der Waals surface area contributed by atoms with Gasteiger partial charge < -0.3 is 15.4 Å². The van der Waals surface area contributed by atoms with E-state index in [1.807, 2.05) is 29.7 Å². The molecule has 0 aliphatic carbocycles. The van der Waals surface area contributed by atoms with Gasteiger partial charge in [0.2, 0.25) is 12.4 Å². The lowest BCUT2D eigenvalue weighted by atomic mass is 9.98. The Hall–Kier alpha value is -3.94. The van der Waals surface area contributed by atoms with Crippen molar-refractivity contribution >= 4 is 17.9 Å². The molecule has 0 radical (unpaired) electrons. The maximum Gasteiger partial charge on any atom is 0.208 e. The van der Waals surface area contributed by atoms with Crippen LogP contribution in [-0.4, -0.2) is 33.9 Å². The number of aryl methyl sites for hydroxylation is 1. The van der Waals surface area contributed by atoms with Crippen molar-refractivity contribution in [3.63, 3.8) is 0 Å². The maximum absolute atomic E-state index is 14.6. The van der Waals surface area contributed by atoms with Crippen LogP contribution in [0.5, 0.6) is 5.75 Å². The summed E-state index contributed by atoms with van der Waals surface area (Å²) in [6.45, 7) is 3.38. The number of imidazole rings is 1. The van der Waals surface area contributed by atoms with Crippen LogP contribution in [0.25, 0.3) is 16.6 Å². The molecule has 33 heavy (non-hydrogen) atoms. The lowest BCUT2D eigenvalue weighted by molar-refractivity contribution is -0.109. The highest BCUT2D eigenvalue weighted by molar-refractivity contribution is 5.84. The number of halogens is 1. The SMILES string of the molecule is Cc1ncn2c(NCc3c(F)ccc4c3CCO4)ncc(-c3ccccc3CCNC=O)c12.